The van der Waals surface area contributed by atoms with E-state index in [1.807, 2.05) is 13.1 Å². The molecule has 0 radical (unpaired) electrons. The van der Waals surface area contributed by atoms with Crippen LogP contribution in [0.2, 0.25) is 0 Å². The van der Waals surface area contributed by atoms with Gasteiger partial charge in [0.1, 0.15) is 11.5 Å². The first-order chi connectivity index (χ1) is 8.20. The van der Waals surface area contributed by atoms with Crippen LogP contribution in [0.15, 0.2) is 30.5 Å². The molecule has 0 aliphatic carbocycles. The third-order valence-corrected chi connectivity index (χ3v) is 2.43. The zero-order valence-corrected chi connectivity index (χ0v) is 9.45. The minimum atomic E-state index is -0.617. The van der Waals surface area contributed by atoms with Crippen molar-refractivity contribution in [3.8, 4) is 5.69 Å². The lowest BCUT2D eigenvalue weighted by molar-refractivity contribution is 0.573. The molecule has 0 aliphatic heterocycles. The second-order valence-corrected chi connectivity index (χ2v) is 3.70. The van der Waals surface area contributed by atoms with Crippen LogP contribution in [0.4, 0.5) is 8.78 Å². The third kappa shape index (κ3) is 2.68. The quantitative estimate of drug-likeness (QED) is 0.880. The lowest BCUT2D eigenvalue weighted by Gasteiger charge is -2.02. The second-order valence-electron chi connectivity index (χ2n) is 3.70. The van der Waals surface area contributed by atoms with Gasteiger partial charge in [0.15, 0.2) is 5.82 Å². The van der Waals surface area contributed by atoms with Crippen molar-refractivity contribution in [3.05, 3.63) is 47.8 Å². The molecule has 17 heavy (non-hydrogen) atoms. The summed E-state index contributed by atoms with van der Waals surface area (Å²) in [7, 11) is 1.86. The molecule has 0 bridgehead atoms. The first kappa shape index (κ1) is 11.7. The molecule has 0 spiro atoms. The van der Waals surface area contributed by atoms with E-state index in [0.29, 0.717) is 0 Å². The molecule has 0 saturated heterocycles. The molecule has 0 atom stereocenters. The largest absolute Gasteiger partial charge is 0.319 e. The number of hydrogen-bond donors (Lipinski definition) is 1. The molecule has 1 aromatic carbocycles. The number of rotatable bonds is 4. The fourth-order valence-corrected chi connectivity index (χ4v) is 1.55. The normalized spacial score (nSPS) is 10.8. The van der Waals surface area contributed by atoms with E-state index >= 15 is 0 Å². The summed E-state index contributed by atoms with van der Waals surface area (Å²) in [5.41, 5.74) is 1.12. The van der Waals surface area contributed by atoms with Crippen LogP contribution in [0.3, 0.4) is 0 Å². The van der Waals surface area contributed by atoms with Gasteiger partial charge >= 0.3 is 0 Å². The van der Waals surface area contributed by atoms with Gasteiger partial charge in [-0.15, -0.1) is 0 Å². The number of likely N-dealkylation sites (N-methyl/N-ethyl adjacent to an activating group) is 1. The number of aromatic nitrogens is 2. The van der Waals surface area contributed by atoms with E-state index in [0.717, 1.165) is 24.7 Å². The Morgan fingerprint density at radius 1 is 1.29 bits per heavy atom. The molecule has 0 amide bonds. The predicted octanol–water partition coefficient (Wildman–Crippen LogP) is 1.91. The van der Waals surface area contributed by atoms with Gasteiger partial charge in [0, 0.05) is 25.2 Å². The van der Waals surface area contributed by atoms with Gasteiger partial charge in [-0.3, -0.25) is 0 Å². The van der Waals surface area contributed by atoms with Crippen molar-refractivity contribution in [1.29, 1.82) is 0 Å². The molecule has 2 aromatic rings. The smallest absolute Gasteiger partial charge is 0.151 e. The van der Waals surface area contributed by atoms with E-state index in [4.69, 9.17) is 0 Å². The maximum Gasteiger partial charge on any atom is 0.151 e. The maximum atomic E-state index is 13.5. The highest BCUT2D eigenvalue weighted by Gasteiger charge is 2.07. The highest BCUT2D eigenvalue weighted by molar-refractivity contribution is 5.33. The molecule has 1 heterocycles. The second kappa shape index (κ2) is 5.05. The molecule has 3 nitrogen and oxygen atoms in total. The summed E-state index contributed by atoms with van der Waals surface area (Å²) in [5.74, 6) is -1.21. The van der Waals surface area contributed by atoms with Gasteiger partial charge in [-0.25, -0.2) is 13.5 Å². The molecule has 90 valence electrons. The molecule has 0 saturated carbocycles. The Hall–Kier alpha value is -1.75. The fraction of sp³-hybridized carbons (Fsp3) is 0.250. The molecule has 5 heteroatoms. The standard InChI is InChI=1S/C12H13F2N3/c1-15-6-4-10-5-7-17(16-10)12-3-2-9(13)8-11(12)14/h2-3,5,7-8,15H,4,6H2,1H3. The van der Waals surface area contributed by atoms with E-state index < -0.39 is 11.6 Å². The van der Waals surface area contributed by atoms with E-state index in [2.05, 4.69) is 10.4 Å². The Bertz CT molecular complexity index is 508. The maximum absolute atomic E-state index is 13.5. The van der Waals surface area contributed by atoms with Crippen molar-refractivity contribution < 1.29 is 8.78 Å². The van der Waals surface area contributed by atoms with Crippen molar-refractivity contribution in [2.75, 3.05) is 13.6 Å². The van der Waals surface area contributed by atoms with E-state index in [1.54, 1.807) is 6.20 Å². The van der Waals surface area contributed by atoms with Crippen molar-refractivity contribution in [3.63, 3.8) is 0 Å². The zero-order chi connectivity index (χ0) is 12.3. The van der Waals surface area contributed by atoms with Gasteiger partial charge in [0.25, 0.3) is 0 Å². The number of benzene rings is 1. The lowest BCUT2D eigenvalue weighted by Crippen LogP contribution is -2.11. The van der Waals surface area contributed by atoms with Crippen LogP contribution in [0, 0.1) is 11.6 Å². The van der Waals surface area contributed by atoms with E-state index in [9.17, 15) is 8.78 Å². The molecule has 2 rings (SSSR count). The SMILES string of the molecule is CNCCc1ccn(-c2ccc(F)cc2F)n1. The minimum Gasteiger partial charge on any atom is -0.319 e. The number of halogens is 2. The Morgan fingerprint density at radius 3 is 2.82 bits per heavy atom. The highest BCUT2D eigenvalue weighted by Crippen LogP contribution is 2.14. The van der Waals surface area contributed by atoms with Gasteiger partial charge in [-0.2, -0.15) is 5.10 Å². The van der Waals surface area contributed by atoms with Gasteiger partial charge in [0.2, 0.25) is 0 Å². The van der Waals surface area contributed by atoms with Crippen LogP contribution in [0.5, 0.6) is 0 Å². The predicted molar refractivity (Wildman–Crippen MR) is 61.1 cm³/mol. The summed E-state index contributed by atoms with van der Waals surface area (Å²) < 4.78 is 27.7. The van der Waals surface area contributed by atoms with Crippen LogP contribution in [0.25, 0.3) is 5.69 Å². The van der Waals surface area contributed by atoms with E-state index in [1.165, 1.54) is 16.8 Å². The Kier molecular flexibility index (Phi) is 3.49. The van der Waals surface area contributed by atoms with E-state index in [-0.39, 0.29) is 5.69 Å². The molecule has 1 N–H and O–H groups in total. The highest BCUT2D eigenvalue weighted by atomic mass is 19.1. The van der Waals surface area contributed by atoms with Gasteiger partial charge in [0.05, 0.1) is 5.69 Å². The van der Waals surface area contributed by atoms with Crippen LogP contribution in [-0.2, 0) is 6.42 Å². The first-order valence-corrected chi connectivity index (χ1v) is 5.35. The molecular weight excluding hydrogens is 224 g/mol. The summed E-state index contributed by atoms with van der Waals surface area (Å²) in [6.45, 7) is 0.808. The van der Waals surface area contributed by atoms with Gasteiger partial charge in [-0.1, -0.05) is 0 Å². The topological polar surface area (TPSA) is 29.9 Å². The fourth-order valence-electron chi connectivity index (χ4n) is 1.55. The average Bonchev–Trinajstić information content (AvgIpc) is 2.75. The van der Waals surface area contributed by atoms with Gasteiger partial charge < -0.3 is 5.32 Å². The summed E-state index contributed by atoms with van der Waals surface area (Å²) in [6.07, 6.45) is 2.44. The van der Waals surface area contributed by atoms with Crippen molar-refractivity contribution >= 4 is 0 Å². The van der Waals surface area contributed by atoms with Crippen LogP contribution < -0.4 is 5.32 Å². The summed E-state index contributed by atoms with van der Waals surface area (Å²) >= 11 is 0. The van der Waals surface area contributed by atoms with Crippen molar-refractivity contribution in [1.82, 2.24) is 15.1 Å². The molecule has 0 fully saturated rings. The molecule has 0 aliphatic rings. The zero-order valence-electron chi connectivity index (χ0n) is 9.45. The monoisotopic (exact) mass is 237 g/mol. The van der Waals surface area contributed by atoms with Crippen LogP contribution >= 0.6 is 0 Å². The Morgan fingerprint density at radius 2 is 2.12 bits per heavy atom. The molecular formula is C12H13F2N3. The Labute approximate surface area is 98.1 Å². The van der Waals surface area contributed by atoms with Gasteiger partial charge in [-0.05, 0) is 25.2 Å². The third-order valence-electron chi connectivity index (χ3n) is 2.43. The summed E-state index contributed by atoms with van der Waals surface area (Å²) in [6, 6.07) is 5.26. The Balaban J connectivity index is 2.24. The number of hydrogen-bond acceptors (Lipinski definition) is 2. The van der Waals surface area contributed by atoms with Crippen molar-refractivity contribution in [2.45, 2.75) is 6.42 Å². The molecule has 0 unspecified atom stereocenters. The lowest BCUT2D eigenvalue weighted by atomic mass is 10.3. The first-order valence-electron chi connectivity index (χ1n) is 5.35. The average molecular weight is 237 g/mol. The number of nitrogens with one attached hydrogen (secondary N) is 1. The van der Waals surface area contributed by atoms with Crippen LogP contribution in [-0.4, -0.2) is 23.4 Å². The van der Waals surface area contributed by atoms with Crippen molar-refractivity contribution in [2.24, 2.45) is 0 Å². The minimum absolute atomic E-state index is 0.252. The summed E-state index contributed by atoms with van der Waals surface area (Å²) in [4.78, 5) is 0. The number of nitrogens with zero attached hydrogens (tertiary/aromatic N) is 2. The summed E-state index contributed by atoms with van der Waals surface area (Å²) in [5, 5.41) is 7.23. The molecule has 1 aromatic heterocycles. The van der Waals surface area contributed by atoms with Crippen LogP contribution in [0.1, 0.15) is 5.69 Å².